The Morgan fingerprint density at radius 2 is 2.09 bits per heavy atom. The van der Waals surface area contributed by atoms with Gasteiger partial charge in [0, 0.05) is 17.2 Å². The summed E-state index contributed by atoms with van der Waals surface area (Å²) in [6, 6.07) is 10.5. The summed E-state index contributed by atoms with van der Waals surface area (Å²) in [5.41, 5.74) is 1.78. The van der Waals surface area contributed by atoms with Crippen LogP contribution < -0.4 is 0 Å². The number of amides is 1. The zero-order chi connectivity index (χ0) is 15.7. The molecule has 4 nitrogen and oxygen atoms in total. The van der Waals surface area contributed by atoms with E-state index in [-0.39, 0.29) is 11.8 Å². The van der Waals surface area contributed by atoms with Crippen LogP contribution in [0.25, 0.3) is 0 Å². The molecule has 0 saturated carbocycles. The second-order valence-corrected chi connectivity index (χ2v) is 7.27. The van der Waals surface area contributed by atoms with Crippen LogP contribution in [0.3, 0.4) is 0 Å². The van der Waals surface area contributed by atoms with Gasteiger partial charge in [-0.15, -0.1) is 11.8 Å². The van der Waals surface area contributed by atoms with Crippen LogP contribution in [0.4, 0.5) is 0 Å². The number of carbonyl (C=O) groups is 1. The summed E-state index contributed by atoms with van der Waals surface area (Å²) < 4.78 is 0. The highest BCUT2D eigenvalue weighted by Crippen LogP contribution is 2.42. The van der Waals surface area contributed by atoms with Crippen molar-refractivity contribution in [2.75, 3.05) is 25.8 Å². The van der Waals surface area contributed by atoms with E-state index in [9.17, 15) is 10.1 Å². The first-order valence-electron chi connectivity index (χ1n) is 7.04. The minimum atomic E-state index is -0.115. The van der Waals surface area contributed by atoms with Gasteiger partial charge in [0.25, 0.3) is 0 Å². The molecule has 114 valence electrons. The van der Waals surface area contributed by atoms with Gasteiger partial charge in [0.05, 0.1) is 29.2 Å². The highest BCUT2D eigenvalue weighted by molar-refractivity contribution is 8.03. The zero-order valence-electron chi connectivity index (χ0n) is 12.6. The number of allylic oxidation sites excluding steroid dienone is 1. The third kappa shape index (κ3) is 2.76. The molecule has 2 aliphatic heterocycles. The summed E-state index contributed by atoms with van der Waals surface area (Å²) in [5.74, 6) is 0.796. The molecule has 2 heterocycles. The molecular weight excluding hydrogens is 314 g/mol. The van der Waals surface area contributed by atoms with Crippen LogP contribution in [0.2, 0.25) is 0 Å². The third-order valence-corrected chi connectivity index (χ3v) is 5.97. The van der Waals surface area contributed by atoms with E-state index in [2.05, 4.69) is 23.1 Å². The van der Waals surface area contributed by atoms with Gasteiger partial charge in [-0.05, 0) is 31.0 Å². The average molecular weight is 331 g/mol. The fraction of sp³-hybridized carbons (Fsp3) is 0.375. The summed E-state index contributed by atoms with van der Waals surface area (Å²) in [7, 11) is 1.98. The molecule has 0 spiro atoms. The first-order chi connectivity index (χ1) is 10.6. The zero-order valence-corrected chi connectivity index (χ0v) is 14.2. The predicted molar refractivity (Wildman–Crippen MR) is 90.2 cm³/mol. The maximum Gasteiger partial charge on any atom is 0.229 e. The number of carbonyl (C=O) groups excluding carboxylic acids is 1. The Balaban J connectivity index is 1.99. The van der Waals surface area contributed by atoms with Gasteiger partial charge in [0.15, 0.2) is 0 Å². The Labute approximate surface area is 139 Å². The molecule has 1 atom stereocenters. The fourth-order valence-corrected chi connectivity index (χ4v) is 4.28. The van der Waals surface area contributed by atoms with Crippen LogP contribution in [-0.4, -0.2) is 41.6 Å². The summed E-state index contributed by atoms with van der Waals surface area (Å²) >= 11 is 3.27. The van der Waals surface area contributed by atoms with E-state index < -0.39 is 0 Å². The minimum Gasteiger partial charge on any atom is -0.292 e. The van der Waals surface area contributed by atoms with E-state index >= 15 is 0 Å². The molecule has 0 unspecified atom stereocenters. The van der Waals surface area contributed by atoms with Crippen LogP contribution in [-0.2, 0) is 4.79 Å². The van der Waals surface area contributed by atoms with Crippen molar-refractivity contribution >= 4 is 29.4 Å². The van der Waals surface area contributed by atoms with Crippen molar-refractivity contribution in [1.82, 2.24) is 9.80 Å². The van der Waals surface area contributed by atoms with Crippen molar-refractivity contribution in [3.05, 3.63) is 40.4 Å². The van der Waals surface area contributed by atoms with Gasteiger partial charge >= 0.3 is 0 Å². The maximum absolute atomic E-state index is 12.5. The molecule has 6 heteroatoms. The fourth-order valence-electron chi connectivity index (χ4n) is 2.79. The lowest BCUT2D eigenvalue weighted by Crippen LogP contribution is -2.45. The average Bonchev–Trinajstić information content (AvgIpc) is 2.55. The van der Waals surface area contributed by atoms with E-state index in [1.807, 2.05) is 25.4 Å². The van der Waals surface area contributed by atoms with E-state index in [1.54, 1.807) is 28.4 Å². The van der Waals surface area contributed by atoms with Crippen LogP contribution in [0.1, 0.15) is 17.9 Å². The van der Waals surface area contributed by atoms with Crippen molar-refractivity contribution in [1.29, 1.82) is 5.26 Å². The molecule has 3 rings (SSSR count). The number of hydrogen-bond donors (Lipinski definition) is 0. The number of nitrogens with zero attached hydrogens (tertiary/aromatic N) is 3. The van der Waals surface area contributed by atoms with E-state index in [0.717, 1.165) is 22.0 Å². The lowest BCUT2D eigenvalue weighted by molar-refractivity contribution is -0.131. The molecule has 1 saturated heterocycles. The van der Waals surface area contributed by atoms with Crippen molar-refractivity contribution in [3.8, 4) is 6.07 Å². The largest absolute Gasteiger partial charge is 0.292 e. The third-order valence-electron chi connectivity index (χ3n) is 3.95. The monoisotopic (exact) mass is 331 g/mol. The molecule has 1 aromatic rings. The Hall–Kier alpha value is -1.42. The number of hydrogen-bond acceptors (Lipinski definition) is 5. The first-order valence-corrected chi connectivity index (χ1v) is 9.25. The summed E-state index contributed by atoms with van der Waals surface area (Å²) in [6.45, 7) is 0.574. The van der Waals surface area contributed by atoms with Crippen molar-refractivity contribution < 1.29 is 4.79 Å². The topological polar surface area (TPSA) is 47.3 Å². The number of fused-ring (bicyclic) bond motifs is 1. The first kappa shape index (κ1) is 15.5. The standard InChI is InChI=1S/C16H17N3OS2/c1-18-9-19-15(20)7-13(14(8-17)16(19)22-10-18)11-3-5-12(21-2)6-4-11/h3-6,13H,7,9-10H2,1-2H3/t13-/m0/s1. The van der Waals surface area contributed by atoms with Crippen molar-refractivity contribution in [2.24, 2.45) is 0 Å². The normalized spacial score (nSPS) is 22.5. The molecule has 0 N–H and O–H groups in total. The predicted octanol–water partition coefficient (Wildman–Crippen LogP) is 3.05. The number of nitriles is 1. The van der Waals surface area contributed by atoms with Crippen LogP contribution >= 0.6 is 23.5 Å². The van der Waals surface area contributed by atoms with E-state index in [4.69, 9.17) is 0 Å². The van der Waals surface area contributed by atoms with Gasteiger partial charge in [0.2, 0.25) is 5.91 Å². The van der Waals surface area contributed by atoms with Crippen molar-refractivity contribution in [3.63, 3.8) is 0 Å². The van der Waals surface area contributed by atoms with Crippen LogP contribution in [0.5, 0.6) is 0 Å². The van der Waals surface area contributed by atoms with E-state index in [1.165, 1.54) is 4.90 Å². The molecule has 1 fully saturated rings. The van der Waals surface area contributed by atoms with Gasteiger partial charge in [-0.2, -0.15) is 5.26 Å². The Morgan fingerprint density at radius 3 is 2.73 bits per heavy atom. The van der Waals surface area contributed by atoms with Gasteiger partial charge in [0.1, 0.15) is 0 Å². The second kappa shape index (κ2) is 6.37. The molecule has 0 radical (unpaired) electrons. The quantitative estimate of drug-likeness (QED) is 0.780. The molecule has 1 aromatic carbocycles. The molecular formula is C16H17N3OS2. The van der Waals surface area contributed by atoms with Gasteiger partial charge in [-0.25, -0.2) is 0 Å². The highest BCUT2D eigenvalue weighted by Gasteiger charge is 2.37. The van der Waals surface area contributed by atoms with Gasteiger partial charge < -0.3 is 0 Å². The number of thioether (sulfide) groups is 2. The number of benzene rings is 1. The smallest absolute Gasteiger partial charge is 0.229 e. The molecule has 1 amide bonds. The number of rotatable bonds is 2. The lowest BCUT2D eigenvalue weighted by atomic mass is 9.86. The van der Waals surface area contributed by atoms with Crippen molar-refractivity contribution in [2.45, 2.75) is 17.2 Å². The van der Waals surface area contributed by atoms with Gasteiger partial charge in [-0.1, -0.05) is 23.9 Å². The molecule has 0 bridgehead atoms. The van der Waals surface area contributed by atoms with Crippen LogP contribution in [0.15, 0.2) is 39.8 Å². The molecule has 2 aliphatic rings. The summed E-state index contributed by atoms with van der Waals surface area (Å²) in [4.78, 5) is 17.5. The Bertz CT molecular complexity index is 663. The Morgan fingerprint density at radius 1 is 1.36 bits per heavy atom. The van der Waals surface area contributed by atoms with E-state index in [0.29, 0.717) is 13.1 Å². The minimum absolute atomic E-state index is 0.104. The lowest BCUT2D eigenvalue weighted by Gasteiger charge is -2.40. The summed E-state index contributed by atoms with van der Waals surface area (Å²) in [6.07, 6.45) is 2.41. The summed E-state index contributed by atoms with van der Waals surface area (Å²) in [5, 5.41) is 10.5. The molecule has 0 aliphatic carbocycles. The van der Waals surface area contributed by atoms with Crippen LogP contribution in [0, 0.1) is 11.3 Å². The highest BCUT2D eigenvalue weighted by atomic mass is 32.2. The maximum atomic E-state index is 12.5. The van der Waals surface area contributed by atoms with Gasteiger partial charge in [-0.3, -0.25) is 14.6 Å². The molecule has 0 aromatic heterocycles. The second-order valence-electron chi connectivity index (χ2n) is 5.45. The Kier molecular flexibility index (Phi) is 4.48. The SMILES string of the molecule is CSc1ccc([C@@H]2CC(=O)N3CN(C)CSC3=C2C#N)cc1. The molecule has 22 heavy (non-hydrogen) atoms.